The molecule has 1 saturated heterocycles. The first-order valence-corrected chi connectivity index (χ1v) is 4.96. The van der Waals surface area contributed by atoms with Gasteiger partial charge in [-0.3, -0.25) is 0 Å². The predicted octanol–water partition coefficient (Wildman–Crippen LogP) is 0.895. The molecule has 3 heteroatoms. The lowest BCUT2D eigenvalue weighted by Gasteiger charge is -2.33. The van der Waals surface area contributed by atoms with Crippen molar-refractivity contribution in [2.45, 2.75) is 13.3 Å². The van der Waals surface area contributed by atoms with E-state index in [-0.39, 0.29) is 0 Å². The normalized spacial score (nSPS) is 30.7. The van der Waals surface area contributed by atoms with Gasteiger partial charge in [-0.2, -0.15) is 0 Å². The lowest BCUT2D eigenvalue weighted by Crippen LogP contribution is -2.40. The van der Waals surface area contributed by atoms with Crippen LogP contribution in [0.25, 0.3) is 0 Å². The topological polar surface area (TPSA) is 30.5 Å². The summed E-state index contributed by atoms with van der Waals surface area (Å²) in [6.45, 7) is 5.87. The van der Waals surface area contributed by atoms with Gasteiger partial charge in [0.05, 0.1) is 6.61 Å². The van der Waals surface area contributed by atoms with Gasteiger partial charge in [-0.25, -0.2) is 0 Å². The Morgan fingerprint density at radius 1 is 1.62 bits per heavy atom. The highest BCUT2D eigenvalue weighted by atomic mass is 16.5. The average molecular weight is 187 g/mol. The molecule has 1 aliphatic rings. The number of nitrogens with one attached hydrogen (secondary N) is 1. The molecule has 0 aromatic heterocycles. The molecular formula is C10H21NO2. The summed E-state index contributed by atoms with van der Waals surface area (Å²) in [5, 5.41) is 3.25. The molecule has 0 aromatic rings. The number of rotatable bonds is 5. The van der Waals surface area contributed by atoms with Crippen LogP contribution in [0, 0.1) is 11.3 Å². The van der Waals surface area contributed by atoms with Crippen LogP contribution in [0.1, 0.15) is 13.3 Å². The maximum atomic E-state index is 5.48. The van der Waals surface area contributed by atoms with Crippen LogP contribution in [0.5, 0.6) is 0 Å². The van der Waals surface area contributed by atoms with Crippen LogP contribution in [0.4, 0.5) is 0 Å². The van der Waals surface area contributed by atoms with Crippen LogP contribution in [-0.4, -0.2) is 40.5 Å². The molecule has 0 amide bonds. The Kier molecular flexibility index (Phi) is 4.16. The molecule has 0 radical (unpaired) electrons. The molecule has 0 saturated carbocycles. The average Bonchev–Trinajstić information content (AvgIpc) is 2.55. The van der Waals surface area contributed by atoms with Crippen LogP contribution in [0.2, 0.25) is 0 Å². The van der Waals surface area contributed by atoms with Crippen molar-refractivity contribution < 1.29 is 9.47 Å². The van der Waals surface area contributed by atoms with E-state index in [9.17, 15) is 0 Å². The second kappa shape index (κ2) is 4.94. The third-order valence-corrected chi connectivity index (χ3v) is 3.12. The van der Waals surface area contributed by atoms with Crippen molar-refractivity contribution in [1.29, 1.82) is 0 Å². The molecule has 1 aliphatic heterocycles. The molecular weight excluding hydrogens is 166 g/mol. The van der Waals surface area contributed by atoms with Crippen molar-refractivity contribution in [3.63, 3.8) is 0 Å². The van der Waals surface area contributed by atoms with Gasteiger partial charge in [0, 0.05) is 32.3 Å². The van der Waals surface area contributed by atoms with E-state index >= 15 is 0 Å². The molecule has 78 valence electrons. The van der Waals surface area contributed by atoms with Crippen LogP contribution >= 0.6 is 0 Å². The maximum absolute atomic E-state index is 5.48. The van der Waals surface area contributed by atoms with Gasteiger partial charge in [0.25, 0.3) is 0 Å². The molecule has 1 fully saturated rings. The molecule has 2 atom stereocenters. The SMILES string of the molecule is CNCC1(C(C)COC)CCOC1. The molecule has 2 unspecified atom stereocenters. The number of hydrogen-bond donors (Lipinski definition) is 1. The Balaban J connectivity index is 2.54. The number of methoxy groups -OCH3 is 1. The molecule has 3 nitrogen and oxygen atoms in total. The summed E-state index contributed by atoms with van der Waals surface area (Å²) in [6, 6.07) is 0. The third-order valence-electron chi connectivity index (χ3n) is 3.12. The van der Waals surface area contributed by atoms with E-state index in [4.69, 9.17) is 9.47 Å². The summed E-state index contributed by atoms with van der Waals surface area (Å²) in [5.41, 5.74) is 0.296. The first-order valence-electron chi connectivity index (χ1n) is 4.96. The van der Waals surface area contributed by atoms with Crippen LogP contribution in [-0.2, 0) is 9.47 Å². The Labute approximate surface area is 80.8 Å². The summed E-state index contributed by atoms with van der Waals surface area (Å²) in [4.78, 5) is 0. The zero-order chi connectivity index (χ0) is 9.73. The van der Waals surface area contributed by atoms with Crippen molar-refractivity contribution in [3.05, 3.63) is 0 Å². The molecule has 0 aromatic carbocycles. The third kappa shape index (κ3) is 2.42. The zero-order valence-electron chi connectivity index (χ0n) is 8.93. The molecule has 1 rings (SSSR count). The maximum Gasteiger partial charge on any atom is 0.0538 e. The fourth-order valence-corrected chi connectivity index (χ4v) is 2.10. The molecule has 0 spiro atoms. The summed E-state index contributed by atoms with van der Waals surface area (Å²) in [7, 11) is 3.76. The highest BCUT2D eigenvalue weighted by Gasteiger charge is 2.39. The highest BCUT2D eigenvalue weighted by molar-refractivity contribution is 4.89. The Morgan fingerprint density at radius 2 is 2.38 bits per heavy atom. The van der Waals surface area contributed by atoms with Crippen molar-refractivity contribution in [1.82, 2.24) is 5.32 Å². The fourth-order valence-electron chi connectivity index (χ4n) is 2.10. The van der Waals surface area contributed by atoms with Gasteiger partial charge in [-0.15, -0.1) is 0 Å². The largest absolute Gasteiger partial charge is 0.384 e. The Hall–Kier alpha value is -0.120. The minimum atomic E-state index is 0.296. The Morgan fingerprint density at radius 3 is 2.85 bits per heavy atom. The van der Waals surface area contributed by atoms with E-state index in [1.54, 1.807) is 7.11 Å². The van der Waals surface area contributed by atoms with Gasteiger partial charge in [-0.05, 0) is 19.4 Å². The zero-order valence-corrected chi connectivity index (χ0v) is 8.93. The van der Waals surface area contributed by atoms with Gasteiger partial charge in [0.15, 0.2) is 0 Å². The van der Waals surface area contributed by atoms with Gasteiger partial charge in [-0.1, -0.05) is 6.92 Å². The lowest BCUT2D eigenvalue weighted by molar-refractivity contribution is 0.0558. The number of ether oxygens (including phenoxy) is 2. The second-order valence-electron chi connectivity index (χ2n) is 4.05. The summed E-state index contributed by atoms with van der Waals surface area (Å²) >= 11 is 0. The van der Waals surface area contributed by atoms with Crippen LogP contribution in [0.15, 0.2) is 0 Å². The van der Waals surface area contributed by atoms with Crippen LogP contribution < -0.4 is 5.32 Å². The van der Waals surface area contributed by atoms with Gasteiger partial charge >= 0.3 is 0 Å². The quantitative estimate of drug-likeness (QED) is 0.693. The molecule has 1 heterocycles. The van der Waals surface area contributed by atoms with E-state index in [0.717, 1.165) is 32.8 Å². The van der Waals surface area contributed by atoms with Gasteiger partial charge < -0.3 is 14.8 Å². The summed E-state index contributed by atoms with van der Waals surface area (Å²) < 4.78 is 10.7. The van der Waals surface area contributed by atoms with E-state index in [1.807, 2.05) is 7.05 Å². The van der Waals surface area contributed by atoms with E-state index in [2.05, 4.69) is 12.2 Å². The molecule has 1 N–H and O–H groups in total. The van der Waals surface area contributed by atoms with Crippen LogP contribution in [0.3, 0.4) is 0 Å². The minimum absolute atomic E-state index is 0.296. The van der Waals surface area contributed by atoms with Gasteiger partial charge in [0.2, 0.25) is 0 Å². The smallest absolute Gasteiger partial charge is 0.0538 e. The number of hydrogen-bond acceptors (Lipinski definition) is 3. The van der Waals surface area contributed by atoms with Crippen molar-refractivity contribution in [3.8, 4) is 0 Å². The first-order chi connectivity index (χ1) is 6.25. The van der Waals surface area contributed by atoms with E-state index < -0.39 is 0 Å². The van der Waals surface area contributed by atoms with Crippen molar-refractivity contribution in [2.24, 2.45) is 11.3 Å². The van der Waals surface area contributed by atoms with E-state index in [1.165, 1.54) is 0 Å². The Bertz CT molecular complexity index is 144. The molecule has 13 heavy (non-hydrogen) atoms. The molecule has 0 aliphatic carbocycles. The van der Waals surface area contributed by atoms with Crippen molar-refractivity contribution in [2.75, 3.05) is 40.5 Å². The van der Waals surface area contributed by atoms with E-state index in [0.29, 0.717) is 11.3 Å². The monoisotopic (exact) mass is 187 g/mol. The molecule has 0 bridgehead atoms. The lowest BCUT2D eigenvalue weighted by atomic mass is 9.76. The fraction of sp³-hybridized carbons (Fsp3) is 1.00. The summed E-state index contributed by atoms with van der Waals surface area (Å²) in [5.74, 6) is 0.562. The van der Waals surface area contributed by atoms with Gasteiger partial charge in [0.1, 0.15) is 0 Å². The predicted molar refractivity (Wildman–Crippen MR) is 52.8 cm³/mol. The summed E-state index contributed by atoms with van der Waals surface area (Å²) in [6.07, 6.45) is 1.15. The standard InChI is InChI=1S/C10H21NO2/c1-9(6-12-3)10(7-11-2)4-5-13-8-10/h9,11H,4-8H2,1-3H3. The second-order valence-corrected chi connectivity index (χ2v) is 4.05. The van der Waals surface area contributed by atoms with Crippen molar-refractivity contribution >= 4 is 0 Å². The minimum Gasteiger partial charge on any atom is -0.384 e. The first kappa shape index (κ1) is 11.0. The highest BCUT2D eigenvalue weighted by Crippen LogP contribution is 2.36.